The second-order valence-electron chi connectivity index (χ2n) is 6.54. The number of fused-ring (bicyclic) bond motifs is 3. The Balaban J connectivity index is 1.76. The second kappa shape index (κ2) is 6.95. The number of benzene rings is 1. The third kappa shape index (κ3) is 3.57. The predicted octanol–water partition coefficient (Wildman–Crippen LogP) is 2.26. The molecule has 0 fully saturated rings. The molecule has 29 heavy (non-hydrogen) atoms. The zero-order chi connectivity index (χ0) is 20.8. The molecule has 148 valence electrons. The number of alkyl halides is 1. The Morgan fingerprint density at radius 1 is 1.45 bits per heavy atom. The summed E-state index contributed by atoms with van der Waals surface area (Å²) in [6, 6.07) is 4.96. The monoisotopic (exact) mass is 414 g/mol. The number of carbonyl (C=O) groups is 1. The minimum absolute atomic E-state index is 0.0254. The first-order valence-corrected chi connectivity index (χ1v) is 9.34. The fraction of sp³-hybridized carbons (Fsp3) is 0.263. The van der Waals surface area contributed by atoms with Crippen molar-refractivity contribution in [1.82, 2.24) is 15.1 Å². The van der Waals surface area contributed by atoms with Crippen molar-refractivity contribution in [1.29, 1.82) is 0 Å². The van der Waals surface area contributed by atoms with E-state index in [0.717, 1.165) is 11.3 Å². The highest BCUT2D eigenvalue weighted by atomic mass is 32.1. The average Bonchev–Trinajstić information content (AvgIpc) is 3.29. The van der Waals surface area contributed by atoms with Gasteiger partial charge in [0, 0.05) is 18.1 Å². The molecule has 3 aromatic rings. The molecule has 4 rings (SSSR count). The van der Waals surface area contributed by atoms with E-state index in [9.17, 15) is 14.3 Å². The molecule has 2 aromatic heterocycles. The number of hydrogen-bond donors (Lipinski definition) is 2. The van der Waals surface area contributed by atoms with Crippen LogP contribution >= 0.6 is 11.3 Å². The molecular formula is C19H15FN4O4S. The molecule has 0 spiro atoms. The molecule has 0 bridgehead atoms. The number of nitrogens with zero attached hydrogens (tertiary/aromatic N) is 3. The number of thiazole rings is 1. The van der Waals surface area contributed by atoms with Gasteiger partial charge in [-0.25, -0.2) is 9.37 Å². The molecule has 0 saturated carbocycles. The molecule has 2 atom stereocenters. The van der Waals surface area contributed by atoms with Crippen LogP contribution in [0.4, 0.5) is 4.39 Å². The van der Waals surface area contributed by atoms with Crippen LogP contribution in [0.2, 0.25) is 0 Å². The number of primary amides is 1. The van der Waals surface area contributed by atoms with Gasteiger partial charge in [0.15, 0.2) is 16.8 Å². The average molecular weight is 414 g/mol. The number of hydrogen-bond acceptors (Lipinski definition) is 8. The van der Waals surface area contributed by atoms with Crippen molar-refractivity contribution >= 4 is 17.2 Å². The maximum Gasteiger partial charge on any atom is 0.277 e. The lowest BCUT2D eigenvalue weighted by Crippen LogP contribution is -2.20. The largest absolute Gasteiger partial charge is 0.489 e. The molecule has 1 aliphatic heterocycles. The molecule has 10 heteroatoms. The van der Waals surface area contributed by atoms with Crippen LogP contribution in [0.25, 0.3) is 11.3 Å². The molecule has 3 heterocycles. The third-order valence-electron chi connectivity index (χ3n) is 4.18. The van der Waals surface area contributed by atoms with Crippen molar-refractivity contribution < 1.29 is 23.6 Å². The molecule has 1 amide bonds. The summed E-state index contributed by atoms with van der Waals surface area (Å²) in [6.07, 6.45) is -1.43. The quantitative estimate of drug-likeness (QED) is 0.616. The fourth-order valence-electron chi connectivity index (χ4n) is 2.75. The van der Waals surface area contributed by atoms with E-state index < -0.39 is 17.7 Å². The highest BCUT2D eigenvalue weighted by Crippen LogP contribution is 2.42. The van der Waals surface area contributed by atoms with Gasteiger partial charge in [0.05, 0.1) is 10.6 Å². The van der Waals surface area contributed by atoms with Crippen molar-refractivity contribution in [2.45, 2.75) is 25.6 Å². The third-order valence-corrected chi connectivity index (χ3v) is 5.34. The van der Waals surface area contributed by atoms with Gasteiger partial charge < -0.3 is 20.1 Å². The topological polar surface area (TPSA) is 124 Å². The van der Waals surface area contributed by atoms with Crippen LogP contribution in [0.15, 0.2) is 22.7 Å². The Kier molecular flexibility index (Phi) is 4.56. The van der Waals surface area contributed by atoms with Crippen LogP contribution in [0.3, 0.4) is 0 Å². The number of nitrogens with two attached hydrogens (primary N) is 1. The SMILES string of the molecule is Cc1nc([C@](C)(O)C#Cc2ccc3c(c2)-c2nc(C(N)=O)sc2[C@@H](F)CO3)no1. The van der Waals surface area contributed by atoms with E-state index in [2.05, 4.69) is 27.0 Å². The number of rotatable bonds is 2. The zero-order valence-corrected chi connectivity index (χ0v) is 16.2. The maximum atomic E-state index is 14.5. The highest BCUT2D eigenvalue weighted by Gasteiger charge is 2.29. The van der Waals surface area contributed by atoms with Crippen LogP contribution in [0.1, 0.15) is 45.1 Å². The first-order chi connectivity index (χ1) is 13.7. The number of aryl methyl sites for hydroxylation is 1. The highest BCUT2D eigenvalue weighted by molar-refractivity contribution is 7.14. The lowest BCUT2D eigenvalue weighted by Gasteiger charge is -2.10. The first kappa shape index (κ1) is 19.0. The van der Waals surface area contributed by atoms with Crippen LogP contribution in [0.5, 0.6) is 5.75 Å². The van der Waals surface area contributed by atoms with E-state index in [4.69, 9.17) is 15.0 Å². The molecule has 3 N–H and O–H groups in total. The number of amides is 1. The number of ether oxygens (including phenoxy) is 1. The van der Waals surface area contributed by atoms with E-state index >= 15 is 0 Å². The number of halogens is 1. The standard InChI is InChI=1S/C19H15FN4O4S/c1-9-22-18(24-28-9)19(2,26)6-5-10-3-4-13-11(7-10)14-15(12(20)8-27-13)29-17(23-14)16(21)25/h3-4,7,12,26H,8H2,1-2H3,(H2,21,25)/t12-,19+/m0/s1. The number of aromatic nitrogens is 3. The molecule has 8 nitrogen and oxygen atoms in total. The van der Waals surface area contributed by atoms with Crippen molar-refractivity contribution in [2.24, 2.45) is 5.73 Å². The van der Waals surface area contributed by atoms with Gasteiger partial charge in [-0.3, -0.25) is 4.79 Å². The Bertz CT molecular complexity index is 1170. The smallest absolute Gasteiger partial charge is 0.277 e. The zero-order valence-electron chi connectivity index (χ0n) is 15.4. The van der Waals surface area contributed by atoms with Crippen LogP contribution in [-0.2, 0) is 5.60 Å². The first-order valence-electron chi connectivity index (χ1n) is 8.53. The van der Waals surface area contributed by atoms with Gasteiger partial charge in [0.2, 0.25) is 11.7 Å². The van der Waals surface area contributed by atoms with Crippen LogP contribution < -0.4 is 10.5 Å². The van der Waals surface area contributed by atoms with Crippen LogP contribution in [0, 0.1) is 18.8 Å². The summed E-state index contributed by atoms with van der Waals surface area (Å²) in [5.41, 5.74) is 4.98. The predicted molar refractivity (Wildman–Crippen MR) is 101 cm³/mol. The summed E-state index contributed by atoms with van der Waals surface area (Å²) in [5.74, 6) is 5.60. The van der Waals surface area contributed by atoms with Crippen molar-refractivity contribution in [3.8, 4) is 28.8 Å². The Morgan fingerprint density at radius 3 is 2.93 bits per heavy atom. The van der Waals surface area contributed by atoms with Gasteiger partial charge in [0.1, 0.15) is 12.4 Å². The Morgan fingerprint density at radius 2 is 2.24 bits per heavy atom. The van der Waals surface area contributed by atoms with E-state index in [0.29, 0.717) is 28.5 Å². The Labute approximate surface area is 168 Å². The lowest BCUT2D eigenvalue weighted by molar-refractivity contribution is 0.0999. The van der Waals surface area contributed by atoms with E-state index in [1.54, 1.807) is 25.1 Å². The minimum atomic E-state index is -1.63. The van der Waals surface area contributed by atoms with Gasteiger partial charge in [-0.05, 0) is 25.1 Å². The number of aliphatic hydroxyl groups is 1. The summed E-state index contributed by atoms with van der Waals surface area (Å²) in [4.78, 5) is 19.9. The lowest BCUT2D eigenvalue weighted by atomic mass is 10.0. The summed E-state index contributed by atoms with van der Waals surface area (Å²) in [6.45, 7) is 2.86. The molecule has 1 aliphatic rings. The molecule has 0 radical (unpaired) electrons. The summed E-state index contributed by atoms with van der Waals surface area (Å²) >= 11 is 0.908. The molecular weight excluding hydrogens is 399 g/mol. The van der Waals surface area contributed by atoms with Gasteiger partial charge in [-0.1, -0.05) is 17.0 Å². The molecule has 1 aromatic carbocycles. The molecule has 0 aliphatic carbocycles. The van der Waals surface area contributed by atoms with Gasteiger partial charge in [-0.15, -0.1) is 11.3 Å². The normalized spacial score (nSPS) is 17.0. The van der Waals surface area contributed by atoms with Gasteiger partial charge in [-0.2, -0.15) is 4.98 Å². The summed E-state index contributed by atoms with van der Waals surface area (Å²) in [5, 5.41) is 14.2. The van der Waals surface area contributed by atoms with Crippen molar-refractivity contribution in [3.05, 3.63) is 45.4 Å². The van der Waals surface area contributed by atoms with Gasteiger partial charge >= 0.3 is 0 Å². The van der Waals surface area contributed by atoms with E-state index in [1.165, 1.54) is 6.92 Å². The molecule has 0 saturated heterocycles. The van der Waals surface area contributed by atoms with E-state index in [1.807, 2.05) is 0 Å². The summed E-state index contributed by atoms with van der Waals surface area (Å²) in [7, 11) is 0. The van der Waals surface area contributed by atoms with E-state index in [-0.39, 0.29) is 22.3 Å². The second-order valence-corrected chi connectivity index (χ2v) is 7.58. The Hall–Kier alpha value is -3.29. The summed E-state index contributed by atoms with van der Waals surface area (Å²) < 4.78 is 24.9. The minimum Gasteiger partial charge on any atom is -0.489 e. The van der Waals surface area contributed by atoms with Crippen molar-refractivity contribution in [3.63, 3.8) is 0 Å². The van der Waals surface area contributed by atoms with Gasteiger partial charge in [0.25, 0.3) is 5.91 Å². The number of carbonyl (C=O) groups excluding carboxylic acids is 1. The fourth-order valence-corrected chi connectivity index (χ4v) is 3.64. The molecule has 0 unspecified atom stereocenters. The van der Waals surface area contributed by atoms with Crippen LogP contribution in [-0.4, -0.2) is 32.7 Å². The maximum absolute atomic E-state index is 14.5. The van der Waals surface area contributed by atoms with Crippen molar-refractivity contribution in [2.75, 3.05) is 6.61 Å².